The predicted molar refractivity (Wildman–Crippen MR) is 159 cm³/mol. The van der Waals surface area contributed by atoms with Gasteiger partial charge in [-0.25, -0.2) is 23.6 Å². The van der Waals surface area contributed by atoms with Crippen LogP contribution in [-0.4, -0.2) is 65.8 Å². The number of hydrogen-bond donors (Lipinski definition) is 3. The fourth-order valence-corrected chi connectivity index (χ4v) is 5.42. The van der Waals surface area contributed by atoms with Crippen LogP contribution in [0.5, 0.6) is 0 Å². The van der Waals surface area contributed by atoms with Crippen LogP contribution in [0.2, 0.25) is 5.02 Å². The first-order chi connectivity index (χ1) is 21.4. The Balaban J connectivity index is 1.72. The van der Waals surface area contributed by atoms with Gasteiger partial charge in [-0.05, 0) is 37.6 Å². The van der Waals surface area contributed by atoms with Crippen molar-refractivity contribution in [1.82, 2.24) is 15.6 Å². The second-order valence-electron chi connectivity index (χ2n) is 9.37. The topological polar surface area (TPSA) is 162 Å². The number of ether oxygens (including phenoxy) is 1. The number of anilines is 1. The van der Waals surface area contributed by atoms with Gasteiger partial charge in [-0.2, -0.15) is 0 Å². The van der Waals surface area contributed by atoms with E-state index in [2.05, 4.69) is 15.9 Å². The third kappa shape index (κ3) is 11.2. The fourth-order valence-electron chi connectivity index (χ4n) is 4.01. The number of hydrogen-bond acceptors (Lipinski definition) is 11. The molecule has 2 aromatic carbocycles. The Morgan fingerprint density at radius 2 is 1.80 bits per heavy atom. The molecule has 13 nitrogen and oxygen atoms in total. The van der Waals surface area contributed by atoms with E-state index >= 15 is 0 Å². The van der Waals surface area contributed by atoms with Crippen LogP contribution < -0.4 is 10.7 Å². The smallest absolute Gasteiger partial charge is 0.447 e. The number of rotatable bonds is 17. The molecule has 0 saturated heterocycles. The minimum absolute atomic E-state index is 0.0267. The lowest BCUT2D eigenvalue weighted by molar-refractivity contribution is -0.137. The van der Waals surface area contributed by atoms with Gasteiger partial charge < -0.3 is 14.4 Å². The maximum Gasteiger partial charge on any atom is 0.474 e. The molecule has 3 N–H and O–H groups in total. The van der Waals surface area contributed by atoms with Crippen molar-refractivity contribution in [3.8, 4) is 11.3 Å². The minimum atomic E-state index is -3.95. The summed E-state index contributed by atoms with van der Waals surface area (Å²) in [5.74, 6) is -1.54. The molecule has 0 aliphatic rings. The molecule has 2 atom stereocenters. The van der Waals surface area contributed by atoms with Crippen LogP contribution >= 0.6 is 19.4 Å². The number of phosphoric acid groups is 1. The third-order valence-corrected chi connectivity index (χ3v) is 8.01. The third-order valence-electron chi connectivity index (χ3n) is 5.98. The number of benzene rings is 2. The van der Waals surface area contributed by atoms with Crippen molar-refractivity contribution >= 4 is 37.2 Å². The normalized spacial score (nSPS) is 12.9. The molecule has 3 rings (SSSR count). The molecule has 1 heterocycles. The number of amides is 2. The quantitative estimate of drug-likeness (QED) is 0.119. The van der Waals surface area contributed by atoms with Gasteiger partial charge >= 0.3 is 13.9 Å². The summed E-state index contributed by atoms with van der Waals surface area (Å²) in [6, 6.07) is 10.1. The average molecular weight is 675 g/mol. The molecular weight excluding hydrogens is 641 g/mol. The SMILES string of the molecule is CCOP(=O)(OCC)OC[C@H](O)C[C@@H](COC(=O)Nc1cc(-c2cccc(F)c2)on1)N(NCc1cccc(F)c1Cl)C(C)=O. The van der Waals surface area contributed by atoms with Crippen LogP contribution in [0.25, 0.3) is 11.3 Å². The Kier molecular flexibility index (Phi) is 13.9. The number of nitrogens with one attached hydrogen (secondary N) is 2. The Morgan fingerprint density at radius 3 is 2.47 bits per heavy atom. The number of hydrazine groups is 1. The standard InChI is InChI=1S/C28H34ClF2N4O9P/c1-4-41-45(39,42-5-2)43-17-23(37)13-22(35(18(3)36)32-15-20-9-7-11-24(31)27(20)29)16-40-28(38)33-26-14-25(44-34-26)19-8-6-10-21(30)12-19/h6-12,14,22-23,32,37H,4-5,13,15-17H2,1-3H3,(H,33,34,38)/t22-,23+/m0/s1. The van der Waals surface area contributed by atoms with Crippen LogP contribution in [0.15, 0.2) is 53.1 Å². The summed E-state index contributed by atoms with van der Waals surface area (Å²) in [5.41, 5.74) is 3.55. The number of nitrogens with zero attached hydrogens (tertiary/aromatic N) is 2. The van der Waals surface area contributed by atoms with Crippen molar-refractivity contribution in [2.24, 2.45) is 0 Å². The van der Waals surface area contributed by atoms with E-state index in [9.17, 15) is 28.0 Å². The molecule has 0 radical (unpaired) electrons. The van der Waals surface area contributed by atoms with Crippen molar-refractivity contribution in [1.29, 1.82) is 0 Å². The van der Waals surface area contributed by atoms with Gasteiger partial charge in [0.05, 0.1) is 37.0 Å². The Hall–Kier alpha value is -3.43. The zero-order chi connectivity index (χ0) is 33.0. The second-order valence-corrected chi connectivity index (χ2v) is 11.4. The Bertz CT molecular complexity index is 1470. The number of aliphatic hydroxyl groups excluding tert-OH is 1. The molecule has 0 aliphatic carbocycles. The van der Waals surface area contributed by atoms with Crippen LogP contribution in [0, 0.1) is 11.6 Å². The Morgan fingerprint density at radius 1 is 1.09 bits per heavy atom. The van der Waals surface area contributed by atoms with E-state index in [1.54, 1.807) is 26.0 Å². The summed E-state index contributed by atoms with van der Waals surface area (Å²) >= 11 is 6.05. The number of aliphatic hydroxyl groups is 1. The molecule has 45 heavy (non-hydrogen) atoms. The molecule has 0 fully saturated rings. The van der Waals surface area contributed by atoms with E-state index < -0.39 is 56.8 Å². The fraction of sp³-hybridized carbons (Fsp3) is 0.393. The monoisotopic (exact) mass is 674 g/mol. The zero-order valence-electron chi connectivity index (χ0n) is 24.7. The highest BCUT2D eigenvalue weighted by molar-refractivity contribution is 7.48. The molecule has 1 aromatic heterocycles. The highest BCUT2D eigenvalue weighted by Crippen LogP contribution is 2.49. The molecule has 2 amide bonds. The van der Waals surface area contributed by atoms with Crippen molar-refractivity contribution in [3.63, 3.8) is 0 Å². The highest BCUT2D eigenvalue weighted by Gasteiger charge is 2.30. The van der Waals surface area contributed by atoms with Crippen LogP contribution in [0.3, 0.4) is 0 Å². The molecule has 0 aliphatic heterocycles. The van der Waals surface area contributed by atoms with Gasteiger partial charge in [0.25, 0.3) is 0 Å². The lowest BCUT2D eigenvalue weighted by atomic mass is 10.1. The van der Waals surface area contributed by atoms with Crippen molar-refractivity contribution in [3.05, 3.63) is 70.8 Å². The summed E-state index contributed by atoms with van der Waals surface area (Å²) in [6.07, 6.45) is -2.58. The van der Waals surface area contributed by atoms with E-state index in [0.29, 0.717) is 11.1 Å². The lowest BCUT2D eigenvalue weighted by Crippen LogP contribution is -2.52. The summed E-state index contributed by atoms with van der Waals surface area (Å²) in [6.45, 7) is 3.38. The minimum Gasteiger partial charge on any atom is -0.447 e. The first-order valence-electron chi connectivity index (χ1n) is 13.8. The van der Waals surface area contributed by atoms with Crippen LogP contribution in [0.1, 0.15) is 32.8 Å². The molecule has 0 saturated carbocycles. The summed E-state index contributed by atoms with van der Waals surface area (Å²) in [5, 5.41) is 17.8. The molecule has 0 unspecified atom stereocenters. The van der Waals surface area contributed by atoms with Crippen LogP contribution in [-0.2, 0) is 34.2 Å². The zero-order valence-corrected chi connectivity index (χ0v) is 26.4. The van der Waals surface area contributed by atoms with Crippen LogP contribution in [0.4, 0.5) is 19.4 Å². The largest absolute Gasteiger partial charge is 0.474 e. The van der Waals surface area contributed by atoms with Gasteiger partial charge in [0, 0.05) is 31.5 Å². The summed E-state index contributed by atoms with van der Waals surface area (Å²) in [4.78, 5) is 25.3. The van der Waals surface area contributed by atoms with Crippen molar-refractivity contribution in [2.45, 2.75) is 45.9 Å². The number of carbonyl (C=O) groups excluding carboxylic acids is 2. The first kappa shape index (κ1) is 36.0. The molecule has 0 bridgehead atoms. The summed E-state index contributed by atoms with van der Waals surface area (Å²) < 4.78 is 66.0. The lowest BCUT2D eigenvalue weighted by Gasteiger charge is -2.32. The maximum absolute atomic E-state index is 14.0. The van der Waals surface area contributed by atoms with E-state index in [1.165, 1.54) is 43.3 Å². The molecule has 17 heteroatoms. The number of halogens is 3. The number of aromatic nitrogens is 1. The van der Waals surface area contributed by atoms with Gasteiger partial charge in [-0.3, -0.25) is 28.7 Å². The first-order valence-corrected chi connectivity index (χ1v) is 15.6. The molecule has 3 aromatic rings. The van der Waals surface area contributed by atoms with Crippen molar-refractivity contribution < 1.29 is 50.9 Å². The van der Waals surface area contributed by atoms with Gasteiger partial charge in [0.1, 0.15) is 18.2 Å². The maximum atomic E-state index is 14.0. The molecular formula is C28H34ClF2N4O9P. The molecule has 246 valence electrons. The van der Waals surface area contributed by atoms with Gasteiger partial charge in [0.15, 0.2) is 11.6 Å². The summed E-state index contributed by atoms with van der Waals surface area (Å²) in [7, 11) is -3.95. The van der Waals surface area contributed by atoms with Gasteiger partial charge in [-0.15, -0.1) is 0 Å². The van der Waals surface area contributed by atoms with E-state index in [4.69, 9.17) is 34.4 Å². The number of phosphoric ester groups is 1. The van der Waals surface area contributed by atoms with Gasteiger partial charge in [-0.1, -0.05) is 41.0 Å². The van der Waals surface area contributed by atoms with Gasteiger partial charge in [0.2, 0.25) is 5.91 Å². The predicted octanol–water partition coefficient (Wildman–Crippen LogP) is 5.69. The number of carbonyl (C=O) groups is 2. The van der Waals surface area contributed by atoms with E-state index in [1.807, 2.05) is 0 Å². The molecule has 0 spiro atoms. The van der Waals surface area contributed by atoms with E-state index in [0.717, 1.165) is 5.01 Å². The second kappa shape index (κ2) is 17.3. The van der Waals surface area contributed by atoms with E-state index in [-0.39, 0.29) is 42.8 Å². The highest BCUT2D eigenvalue weighted by atomic mass is 35.5. The average Bonchev–Trinajstić information content (AvgIpc) is 3.45. The Labute approximate surface area is 263 Å². The van der Waals surface area contributed by atoms with Crippen molar-refractivity contribution in [2.75, 3.05) is 31.7 Å².